The number of amides is 1. The van der Waals surface area contributed by atoms with Crippen molar-refractivity contribution in [1.29, 1.82) is 0 Å². The van der Waals surface area contributed by atoms with Crippen molar-refractivity contribution in [3.8, 4) is 5.75 Å². The number of benzene rings is 1. The van der Waals surface area contributed by atoms with Crippen molar-refractivity contribution in [3.63, 3.8) is 0 Å². The van der Waals surface area contributed by atoms with Crippen LogP contribution in [0, 0.1) is 0 Å². The Hall–Kier alpha value is -3.27. The fraction of sp³-hybridized carbons (Fsp3) is 0.533. The minimum atomic E-state index is -0.312. The van der Waals surface area contributed by atoms with E-state index in [0.29, 0.717) is 56.4 Å². The van der Waals surface area contributed by atoms with Crippen molar-refractivity contribution in [2.24, 2.45) is 0 Å². The SMILES string of the molecule is C1CNCCN1.COC(=O)CCOCCOCCNC(=O)c1ccc2ncn(Cc3ccccc3OCCN(C)C)c2n1.S. The van der Waals surface area contributed by atoms with Gasteiger partial charge in [-0.2, -0.15) is 13.5 Å². The summed E-state index contributed by atoms with van der Waals surface area (Å²) in [5.74, 6) is 0.210. The molecule has 1 amide bonds. The number of hydrogen-bond donors (Lipinski definition) is 3. The molecule has 1 aliphatic rings. The van der Waals surface area contributed by atoms with Crippen molar-refractivity contribution in [2.75, 3.05) is 93.5 Å². The van der Waals surface area contributed by atoms with Crippen molar-refractivity contribution in [3.05, 3.63) is 54.0 Å². The van der Waals surface area contributed by atoms with Crippen molar-refractivity contribution >= 4 is 36.5 Å². The van der Waals surface area contributed by atoms with Crippen molar-refractivity contribution in [2.45, 2.75) is 13.0 Å². The monoisotopic (exact) mass is 633 g/mol. The van der Waals surface area contributed by atoms with E-state index in [9.17, 15) is 9.59 Å². The molecule has 0 atom stereocenters. The molecular formula is C30H47N7O6S. The predicted octanol–water partition coefficient (Wildman–Crippen LogP) is 1.04. The lowest BCUT2D eigenvalue weighted by atomic mass is 10.2. The van der Waals surface area contributed by atoms with Crippen LogP contribution in [0.25, 0.3) is 11.2 Å². The molecule has 1 fully saturated rings. The lowest BCUT2D eigenvalue weighted by Gasteiger charge is -2.14. The molecule has 1 aliphatic heterocycles. The number of para-hydroxylation sites is 1. The highest BCUT2D eigenvalue weighted by molar-refractivity contribution is 7.59. The van der Waals surface area contributed by atoms with Crippen molar-refractivity contribution in [1.82, 2.24) is 35.4 Å². The summed E-state index contributed by atoms with van der Waals surface area (Å²) < 4.78 is 23.2. The van der Waals surface area contributed by atoms with Gasteiger partial charge in [0.25, 0.3) is 5.91 Å². The molecule has 3 N–H and O–H groups in total. The Morgan fingerprint density at radius 1 is 0.955 bits per heavy atom. The topological polar surface area (TPSA) is 141 Å². The van der Waals surface area contributed by atoms with E-state index in [1.807, 2.05) is 42.9 Å². The van der Waals surface area contributed by atoms with Crippen LogP contribution in [0.15, 0.2) is 42.7 Å². The number of rotatable bonds is 16. The lowest BCUT2D eigenvalue weighted by Crippen LogP contribution is -2.39. The number of carbonyl (C=O) groups is 2. The summed E-state index contributed by atoms with van der Waals surface area (Å²) in [6.45, 7) is 8.14. The first kappa shape index (κ1) is 36.9. The summed E-state index contributed by atoms with van der Waals surface area (Å²) in [5.41, 5.74) is 2.63. The number of likely N-dealkylation sites (N-methyl/N-ethyl adjacent to an activating group) is 1. The Kier molecular flexibility index (Phi) is 18.0. The molecule has 0 bridgehead atoms. The van der Waals surface area contributed by atoms with E-state index >= 15 is 0 Å². The largest absolute Gasteiger partial charge is 0.492 e. The second-order valence-corrected chi connectivity index (χ2v) is 9.98. The molecule has 0 radical (unpaired) electrons. The number of methoxy groups -OCH3 is 1. The van der Waals surface area contributed by atoms with E-state index in [0.717, 1.165) is 44.0 Å². The molecule has 1 aromatic carbocycles. The number of ether oxygens (including phenoxy) is 4. The van der Waals surface area contributed by atoms with Crippen LogP contribution in [0.4, 0.5) is 0 Å². The van der Waals surface area contributed by atoms with E-state index in [1.54, 1.807) is 18.5 Å². The highest BCUT2D eigenvalue weighted by atomic mass is 32.1. The normalized spacial score (nSPS) is 12.6. The van der Waals surface area contributed by atoms with E-state index in [1.165, 1.54) is 7.11 Å². The molecule has 2 aromatic heterocycles. The summed E-state index contributed by atoms with van der Waals surface area (Å²) >= 11 is 0. The summed E-state index contributed by atoms with van der Waals surface area (Å²) in [6, 6.07) is 11.3. The number of fused-ring (bicyclic) bond motifs is 1. The molecular weight excluding hydrogens is 586 g/mol. The number of carbonyl (C=O) groups excluding carboxylic acids is 2. The number of piperazine rings is 1. The maximum atomic E-state index is 12.6. The number of imidazole rings is 1. The Morgan fingerprint density at radius 2 is 1.66 bits per heavy atom. The summed E-state index contributed by atoms with van der Waals surface area (Å²) in [4.78, 5) is 34.7. The lowest BCUT2D eigenvalue weighted by molar-refractivity contribution is -0.141. The number of hydrogen-bond acceptors (Lipinski definition) is 11. The van der Waals surface area contributed by atoms with Crippen LogP contribution < -0.4 is 20.7 Å². The molecule has 0 saturated carbocycles. The number of nitrogens with one attached hydrogen (secondary N) is 3. The van der Waals surface area contributed by atoms with Crippen LogP contribution in [-0.4, -0.2) is 125 Å². The Balaban J connectivity index is 0.000000859. The minimum Gasteiger partial charge on any atom is -0.492 e. The fourth-order valence-corrected chi connectivity index (χ4v) is 3.99. The van der Waals surface area contributed by atoms with Gasteiger partial charge in [-0.1, -0.05) is 18.2 Å². The van der Waals surface area contributed by atoms with Crippen LogP contribution >= 0.6 is 13.5 Å². The van der Waals surface area contributed by atoms with Gasteiger partial charge in [-0.05, 0) is 32.3 Å². The zero-order chi connectivity index (χ0) is 30.7. The zero-order valence-electron chi connectivity index (χ0n) is 26.0. The summed E-state index contributed by atoms with van der Waals surface area (Å²) in [5, 5.41) is 9.25. The second kappa shape index (κ2) is 21.4. The Morgan fingerprint density at radius 3 is 2.34 bits per heavy atom. The number of nitrogens with zero attached hydrogens (tertiary/aromatic N) is 4. The van der Waals surface area contributed by atoms with E-state index in [4.69, 9.17) is 14.2 Å². The molecule has 44 heavy (non-hydrogen) atoms. The maximum Gasteiger partial charge on any atom is 0.307 e. The third-order valence-electron chi connectivity index (χ3n) is 6.34. The van der Waals surface area contributed by atoms with Gasteiger partial charge < -0.3 is 44.4 Å². The molecule has 14 heteroatoms. The van der Waals surface area contributed by atoms with Gasteiger partial charge in [0.2, 0.25) is 0 Å². The standard InChI is InChI=1S/C26H35N5O6.C4H10N2.H2S/c1-30(2)12-15-37-23-7-5-4-6-20(23)18-31-19-28-21-8-9-22(29-25(21)31)26(33)27-11-14-36-17-16-35-13-10-24(32)34-3;1-2-6-4-3-5-1;/h4-9,19H,10-18H2,1-3H3,(H,27,33);5-6H,1-4H2;1H2. The number of esters is 1. The van der Waals surface area contributed by atoms with E-state index in [2.05, 4.69) is 35.6 Å². The first-order valence-electron chi connectivity index (χ1n) is 14.6. The van der Waals surface area contributed by atoms with Crippen LogP contribution in [-0.2, 0) is 25.5 Å². The molecule has 0 aliphatic carbocycles. The maximum absolute atomic E-state index is 12.6. The number of aromatic nitrogens is 3. The Labute approximate surface area is 266 Å². The predicted molar refractivity (Wildman–Crippen MR) is 174 cm³/mol. The average Bonchev–Trinajstić information content (AvgIpc) is 3.43. The molecule has 0 spiro atoms. The third kappa shape index (κ3) is 13.6. The van der Waals surface area contributed by atoms with E-state index < -0.39 is 0 Å². The fourth-order valence-electron chi connectivity index (χ4n) is 3.99. The van der Waals surface area contributed by atoms with Gasteiger partial charge in [0, 0.05) is 44.8 Å². The first-order chi connectivity index (χ1) is 21.0. The summed E-state index contributed by atoms with van der Waals surface area (Å²) in [6.07, 6.45) is 1.93. The zero-order valence-corrected chi connectivity index (χ0v) is 27.0. The van der Waals surface area contributed by atoms with Crippen LogP contribution in [0.5, 0.6) is 5.75 Å². The van der Waals surface area contributed by atoms with Gasteiger partial charge in [-0.25, -0.2) is 9.97 Å². The highest BCUT2D eigenvalue weighted by Gasteiger charge is 2.13. The molecule has 1 saturated heterocycles. The Bertz CT molecular complexity index is 1240. The third-order valence-corrected chi connectivity index (χ3v) is 6.34. The smallest absolute Gasteiger partial charge is 0.307 e. The molecule has 0 unspecified atom stereocenters. The summed E-state index contributed by atoms with van der Waals surface area (Å²) in [7, 11) is 5.35. The van der Waals surface area contributed by atoms with Gasteiger partial charge >= 0.3 is 5.97 Å². The van der Waals surface area contributed by atoms with Gasteiger partial charge in [-0.3, -0.25) is 9.59 Å². The quantitative estimate of drug-likeness (QED) is 0.154. The molecule has 244 valence electrons. The van der Waals surface area contributed by atoms with Crippen molar-refractivity contribution < 1.29 is 28.5 Å². The molecule has 3 heterocycles. The second-order valence-electron chi connectivity index (χ2n) is 9.98. The van der Waals surface area contributed by atoms with Gasteiger partial charge in [0.15, 0.2) is 5.65 Å². The molecule has 4 rings (SSSR count). The molecule has 13 nitrogen and oxygen atoms in total. The molecule has 3 aromatic rings. The van der Waals surface area contributed by atoms with Gasteiger partial charge in [0.05, 0.1) is 52.8 Å². The van der Waals surface area contributed by atoms with E-state index in [-0.39, 0.29) is 38.4 Å². The van der Waals surface area contributed by atoms with Gasteiger partial charge in [-0.15, -0.1) is 0 Å². The highest BCUT2D eigenvalue weighted by Crippen LogP contribution is 2.21. The first-order valence-corrected chi connectivity index (χ1v) is 14.6. The van der Waals surface area contributed by atoms with Crippen LogP contribution in [0.1, 0.15) is 22.5 Å². The minimum absolute atomic E-state index is 0. The van der Waals surface area contributed by atoms with Crippen LogP contribution in [0.2, 0.25) is 0 Å². The van der Waals surface area contributed by atoms with Gasteiger partial charge in [0.1, 0.15) is 23.6 Å². The average molecular weight is 634 g/mol. The number of pyridine rings is 1. The van der Waals surface area contributed by atoms with Crippen LogP contribution in [0.3, 0.4) is 0 Å².